The molecule has 0 spiro atoms. The van der Waals surface area contributed by atoms with Crippen LogP contribution in [0, 0.1) is 5.41 Å². The van der Waals surface area contributed by atoms with Crippen molar-refractivity contribution in [1.82, 2.24) is 4.90 Å². The monoisotopic (exact) mass is 286 g/mol. The molecule has 1 heterocycles. The van der Waals surface area contributed by atoms with Gasteiger partial charge in [-0.2, -0.15) is 0 Å². The SMILES string of the molecule is CC1(C)CN(Cc2cccc(Cl)c2Cl)CCC1N. The van der Waals surface area contributed by atoms with Gasteiger partial charge in [0.15, 0.2) is 0 Å². The number of nitrogens with two attached hydrogens (primary N) is 1. The Bertz CT molecular complexity index is 432. The Morgan fingerprint density at radius 3 is 2.78 bits per heavy atom. The summed E-state index contributed by atoms with van der Waals surface area (Å²) in [6.07, 6.45) is 1.03. The van der Waals surface area contributed by atoms with Crippen LogP contribution in [0.2, 0.25) is 10.0 Å². The number of hydrogen-bond donors (Lipinski definition) is 1. The average Bonchev–Trinajstić information content (AvgIpc) is 2.29. The lowest BCUT2D eigenvalue weighted by molar-refractivity contribution is 0.0899. The molecule has 2 N–H and O–H groups in total. The highest BCUT2D eigenvalue weighted by atomic mass is 35.5. The van der Waals surface area contributed by atoms with Crippen molar-refractivity contribution in [3.05, 3.63) is 33.8 Å². The van der Waals surface area contributed by atoms with Gasteiger partial charge in [-0.05, 0) is 23.5 Å². The topological polar surface area (TPSA) is 29.3 Å². The predicted molar refractivity (Wildman–Crippen MR) is 78.1 cm³/mol. The van der Waals surface area contributed by atoms with Gasteiger partial charge < -0.3 is 5.73 Å². The summed E-state index contributed by atoms with van der Waals surface area (Å²) in [7, 11) is 0. The molecule has 0 radical (unpaired) electrons. The summed E-state index contributed by atoms with van der Waals surface area (Å²) in [6.45, 7) is 7.31. The smallest absolute Gasteiger partial charge is 0.0637 e. The zero-order valence-corrected chi connectivity index (χ0v) is 12.4. The predicted octanol–water partition coefficient (Wildman–Crippen LogP) is 3.55. The van der Waals surface area contributed by atoms with Gasteiger partial charge in [0.2, 0.25) is 0 Å². The Hall–Kier alpha value is -0.280. The van der Waals surface area contributed by atoms with E-state index < -0.39 is 0 Å². The van der Waals surface area contributed by atoms with Crippen molar-refractivity contribution in [2.75, 3.05) is 13.1 Å². The standard InChI is InChI=1S/C14H20Cl2N2/c1-14(2)9-18(7-6-12(14)17)8-10-4-3-5-11(15)13(10)16/h3-5,12H,6-9,17H2,1-2H3. The maximum atomic E-state index is 6.23. The lowest BCUT2D eigenvalue weighted by Crippen LogP contribution is -2.52. The maximum absolute atomic E-state index is 6.23. The van der Waals surface area contributed by atoms with Crippen molar-refractivity contribution in [1.29, 1.82) is 0 Å². The summed E-state index contributed by atoms with van der Waals surface area (Å²) < 4.78 is 0. The zero-order valence-electron chi connectivity index (χ0n) is 10.9. The van der Waals surface area contributed by atoms with Crippen LogP contribution in [-0.2, 0) is 6.54 Å². The first-order chi connectivity index (χ1) is 8.40. The zero-order chi connectivity index (χ0) is 13.3. The quantitative estimate of drug-likeness (QED) is 0.901. The maximum Gasteiger partial charge on any atom is 0.0637 e. The highest BCUT2D eigenvalue weighted by Crippen LogP contribution is 2.31. The third-order valence-corrected chi connectivity index (χ3v) is 4.67. The summed E-state index contributed by atoms with van der Waals surface area (Å²) in [4.78, 5) is 2.40. The summed E-state index contributed by atoms with van der Waals surface area (Å²) in [5, 5.41) is 1.30. The Morgan fingerprint density at radius 1 is 1.39 bits per heavy atom. The summed E-state index contributed by atoms with van der Waals surface area (Å²) in [5.74, 6) is 0. The van der Waals surface area contributed by atoms with E-state index in [-0.39, 0.29) is 11.5 Å². The number of halogens is 2. The van der Waals surface area contributed by atoms with E-state index >= 15 is 0 Å². The van der Waals surface area contributed by atoms with E-state index in [1.807, 2.05) is 18.2 Å². The molecule has 0 saturated carbocycles. The normalized spacial score (nSPS) is 24.2. The summed E-state index contributed by atoms with van der Waals surface area (Å²) in [5.41, 5.74) is 7.40. The van der Waals surface area contributed by atoms with Crippen LogP contribution in [0.25, 0.3) is 0 Å². The minimum Gasteiger partial charge on any atom is -0.327 e. The van der Waals surface area contributed by atoms with Gasteiger partial charge in [-0.1, -0.05) is 49.2 Å². The molecule has 1 aliphatic heterocycles. The molecule has 1 atom stereocenters. The summed E-state index contributed by atoms with van der Waals surface area (Å²) >= 11 is 12.3. The van der Waals surface area contributed by atoms with Crippen LogP contribution >= 0.6 is 23.2 Å². The van der Waals surface area contributed by atoms with Crippen molar-refractivity contribution >= 4 is 23.2 Å². The van der Waals surface area contributed by atoms with Gasteiger partial charge >= 0.3 is 0 Å². The fourth-order valence-corrected chi connectivity index (χ4v) is 2.91. The molecule has 2 nitrogen and oxygen atoms in total. The first-order valence-corrected chi connectivity index (χ1v) is 7.06. The lowest BCUT2D eigenvalue weighted by atomic mass is 9.79. The van der Waals surface area contributed by atoms with Crippen LogP contribution < -0.4 is 5.73 Å². The van der Waals surface area contributed by atoms with Gasteiger partial charge in [0.05, 0.1) is 10.0 Å². The fraction of sp³-hybridized carbons (Fsp3) is 0.571. The fourth-order valence-electron chi connectivity index (χ4n) is 2.53. The second-order valence-electron chi connectivity index (χ2n) is 5.81. The molecule has 1 aromatic rings. The molecule has 0 aromatic heterocycles. The number of rotatable bonds is 2. The van der Waals surface area contributed by atoms with Crippen molar-refractivity contribution in [2.45, 2.75) is 32.9 Å². The molecule has 0 amide bonds. The molecule has 1 saturated heterocycles. The van der Waals surface area contributed by atoms with Gasteiger partial charge in [-0.25, -0.2) is 0 Å². The van der Waals surface area contributed by atoms with Crippen LogP contribution in [0.5, 0.6) is 0 Å². The molecular formula is C14H20Cl2N2. The van der Waals surface area contributed by atoms with Crippen LogP contribution in [0.3, 0.4) is 0 Å². The molecule has 2 rings (SSSR count). The number of nitrogens with zero attached hydrogens (tertiary/aromatic N) is 1. The van der Waals surface area contributed by atoms with Crippen molar-refractivity contribution in [3.63, 3.8) is 0 Å². The van der Waals surface area contributed by atoms with E-state index in [2.05, 4.69) is 18.7 Å². The van der Waals surface area contributed by atoms with Crippen LogP contribution in [0.15, 0.2) is 18.2 Å². The summed E-state index contributed by atoms with van der Waals surface area (Å²) in [6, 6.07) is 6.09. The average molecular weight is 287 g/mol. The largest absolute Gasteiger partial charge is 0.327 e. The highest BCUT2D eigenvalue weighted by molar-refractivity contribution is 6.42. The Morgan fingerprint density at radius 2 is 2.11 bits per heavy atom. The van der Waals surface area contributed by atoms with Gasteiger partial charge in [0, 0.05) is 25.7 Å². The Labute approximate surface area is 119 Å². The molecule has 18 heavy (non-hydrogen) atoms. The van der Waals surface area contributed by atoms with Gasteiger partial charge in [-0.15, -0.1) is 0 Å². The van der Waals surface area contributed by atoms with Crippen molar-refractivity contribution < 1.29 is 0 Å². The first kappa shape index (κ1) is 14.1. The molecular weight excluding hydrogens is 267 g/mol. The third kappa shape index (κ3) is 3.00. The molecule has 0 aliphatic carbocycles. The lowest BCUT2D eigenvalue weighted by Gasteiger charge is -2.42. The third-order valence-electron chi connectivity index (χ3n) is 3.82. The Balaban J connectivity index is 2.09. The molecule has 1 aliphatic rings. The van der Waals surface area contributed by atoms with Gasteiger partial charge in [0.25, 0.3) is 0 Å². The number of likely N-dealkylation sites (tertiary alicyclic amines) is 1. The van der Waals surface area contributed by atoms with Gasteiger partial charge in [0.1, 0.15) is 0 Å². The number of piperidine rings is 1. The number of hydrogen-bond acceptors (Lipinski definition) is 2. The highest BCUT2D eigenvalue weighted by Gasteiger charge is 2.33. The van der Waals surface area contributed by atoms with E-state index in [1.165, 1.54) is 0 Å². The first-order valence-electron chi connectivity index (χ1n) is 6.31. The van der Waals surface area contributed by atoms with Crippen LogP contribution in [-0.4, -0.2) is 24.0 Å². The second kappa shape index (κ2) is 5.38. The van der Waals surface area contributed by atoms with Gasteiger partial charge in [-0.3, -0.25) is 4.90 Å². The molecule has 1 unspecified atom stereocenters. The van der Waals surface area contributed by atoms with E-state index in [4.69, 9.17) is 28.9 Å². The van der Waals surface area contributed by atoms with E-state index in [0.717, 1.165) is 31.6 Å². The van der Waals surface area contributed by atoms with E-state index in [0.29, 0.717) is 10.0 Å². The van der Waals surface area contributed by atoms with E-state index in [1.54, 1.807) is 0 Å². The molecule has 4 heteroatoms. The van der Waals surface area contributed by atoms with E-state index in [9.17, 15) is 0 Å². The van der Waals surface area contributed by atoms with Crippen LogP contribution in [0.1, 0.15) is 25.8 Å². The Kier molecular flexibility index (Phi) is 4.22. The molecule has 1 aromatic carbocycles. The minimum absolute atomic E-state index is 0.156. The minimum atomic E-state index is 0.156. The van der Waals surface area contributed by atoms with Crippen molar-refractivity contribution in [2.24, 2.45) is 11.1 Å². The number of benzene rings is 1. The molecule has 1 fully saturated rings. The second-order valence-corrected chi connectivity index (χ2v) is 6.59. The molecule has 0 bridgehead atoms. The van der Waals surface area contributed by atoms with Crippen molar-refractivity contribution in [3.8, 4) is 0 Å². The molecule has 100 valence electrons. The van der Waals surface area contributed by atoms with Crippen LogP contribution in [0.4, 0.5) is 0 Å².